The van der Waals surface area contributed by atoms with E-state index in [-0.39, 0.29) is 12.4 Å². The number of aromatic nitrogens is 1. The molecule has 24 heavy (non-hydrogen) atoms. The van der Waals surface area contributed by atoms with Gasteiger partial charge in [-0.05, 0) is 55.7 Å². The number of thiocarbonyl (C=S) groups is 1. The molecule has 0 fully saturated rings. The third kappa shape index (κ3) is 4.78. The van der Waals surface area contributed by atoms with Gasteiger partial charge in [0.25, 0.3) is 0 Å². The van der Waals surface area contributed by atoms with Crippen molar-refractivity contribution >= 4 is 29.6 Å². The van der Waals surface area contributed by atoms with E-state index in [0.29, 0.717) is 5.92 Å². The Hall–Kier alpha value is -1.45. The number of hydrogen-bond donors (Lipinski definition) is 1. The molecular weight excluding hydrogens is 336 g/mol. The van der Waals surface area contributed by atoms with Crippen molar-refractivity contribution in [2.24, 2.45) is 0 Å². The van der Waals surface area contributed by atoms with E-state index in [2.05, 4.69) is 53.6 Å². The Morgan fingerprint density at radius 1 is 1.29 bits per heavy atom. The lowest BCUT2D eigenvalue weighted by molar-refractivity contribution is 0.620. The minimum atomic E-state index is 0. The quantitative estimate of drug-likeness (QED) is 0.613. The van der Waals surface area contributed by atoms with Crippen molar-refractivity contribution < 1.29 is 0 Å². The van der Waals surface area contributed by atoms with Gasteiger partial charge in [0.2, 0.25) is 0 Å². The summed E-state index contributed by atoms with van der Waals surface area (Å²) in [5.74, 6) is 0.297. The van der Waals surface area contributed by atoms with Crippen molar-refractivity contribution in [2.75, 3.05) is 6.54 Å². The molecule has 1 aliphatic rings. The molecule has 0 saturated carbocycles. The highest BCUT2D eigenvalue weighted by atomic mass is 35.5. The molecule has 0 saturated heterocycles. The van der Waals surface area contributed by atoms with Gasteiger partial charge in [-0.15, -0.1) is 12.4 Å². The van der Waals surface area contributed by atoms with Crippen LogP contribution in [0.5, 0.6) is 0 Å². The smallest absolute Gasteiger partial charge is 0.0845 e. The van der Waals surface area contributed by atoms with Gasteiger partial charge in [0.05, 0.1) is 16.6 Å². The number of rotatable bonds is 5. The molecule has 1 heterocycles. The Kier molecular flexibility index (Phi) is 7.19. The molecule has 3 rings (SSSR count). The highest BCUT2D eigenvalue weighted by Gasteiger charge is 2.25. The Bertz CT molecular complexity index is 673. The topological polar surface area (TPSA) is 24.9 Å². The largest absolute Gasteiger partial charge is 0.379 e. The van der Waals surface area contributed by atoms with Crippen LogP contribution in [0.25, 0.3) is 0 Å². The molecule has 2 aromatic rings. The normalized spacial score (nSPS) is 16.0. The fourth-order valence-corrected chi connectivity index (χ4v) is 3.65. The first-order valence-electron chi connectivity index (χ1n) is 8.51. The monoisotopic (exact) mass is 360 g/mol. The van der Waals surface area contributed by atoms with E-state index in [1.807, 2.05) is 6.20 Å². The van der Waals surface area contributed by atoms with Crippen molar-refractivity contribution in [2.45, 2.75) is 44.9 Å². The summed E-state index contributed by atoms with van der Waals surface area (Å²) in [6.45, 7) is 3.04. The number of nitrogens with zero attached hydrogens (tertiary/aromatic N) is 1. The maximum atomic E-state index is 5.66. The standard InChI is InChI=1S/C20H24N2S.ClH/c1-15-13-17-10-5-11-18(19(17)22-14-15)20(23)21-12-6-9-16-7-3-2-4-8-16;/h2-4,7-8,13-14,18H,5-6,9-12H2,1H3,(H,21,23);1H. The van der Waals surface area contributed by atoms with Crippen molar-refractivity contribution in [3.8, 4) is 0 Å². The van der Waals surface area contributed by atoms with Gasteiger partial charge >= 0.3 is 0 Å². The Balaban J connectivity index is 0.00000208. The minimum absolute atomic E-state index is 0. The van der Waals surface area contributed by atoms with Crippen molar-refractivity contribution in [1.29, 1.82) is 0 Å². The molecule has 0 bridgehead atoms. The summed E-state index contributed by atoms with van der Waals surface area (Å²) in [4.78, 5) is 5.64. The highest BCUT2D eigenvalue weighted by molar-refractivity contribution is 7.80. The van der Waals surface area contributed by atoms with Crippen LogP contribution in [0.4, 0.5) is 0 Å². The van der Waals surface area contributed by atoms with Gasteiger partial charge in [-0.1, -0.05) is 48.6 Å². The molecule has 4 heteroatoms. The molecule has 2 nitrogen and oxygen atoms in total. The fraction of sp³-hybridized carbons (Fsp3) is 0.400. The number of fused-ring (bicyclic) bond motifs is 1. The summed E-state index contributed by atoms with van der Waals surface area (Å²) >= 11 is 5.66. The lowest BCUT2D eigenvalue weighted by atomic mass is 9.86. The Labute approximate surface area is 156 Å². The predicted octanol–water partition coefficient (Wildman–Crippen LogP) is 4.78. The van der Waals surface area contributed by atoms with Crippen molar-refractivity contribution in [3.05, 3.63) is 65.0 Å². The Morgan fingerprint density at radius 2 is 2.08 bits per heavy atom. The summed E-state index contributed by atoms with van der Waals surface area (Å²) in [7, 11) is 0. The molecule has 0 amide bonds. The highest BCUT2D eigenvalue weighted by Crippen LogP contribution is 2.31. The van der Waals surface area contributed by atoms with Crippen LogP contribution in [0.3, 0.4) is 0 Å². The van der Waals surface area contributed by atoms with E-state index in [4.69, 9.17) is 12.2 Å². The zero-order valence-corrected chi connectivity index (χ0v) is 15.8. The van der Waals surface area contributed by atoms with Gasteiger partial charge in [-0.2, -0.15) is 0 Å². The molecule has 0 spiro atoms. The lowest BCUT2D eigenvalue weighted by Crippen LogP contribution is -2.31. The van der Waals surface area contributed by atoms with E-state index in [9.17, 15) is 0 Å². The van der Waals surface area contributed by atoms with Gasteiger partial charge in [0.15, 0.2) is 0 Å². The second-order valence-electron chi connectivity index (χ2n) is 6.38. The van der Waals surface area contributed by atoms with E-state index in [1.54, 1.807) is 0 Å². The number of benzene rings is 1. The van der Waals surface area contributed by atoms with Crippen LogP contribution < -0.4 is 5.32 Å². The average Bonchev–Trinajstić information content (AvgIpc) is 2.58. The maximum Gasteiger partial charge on any atom is 0.0845 e. The summed E-state index contributed by atoms with van der Waals surface area (Å²) in [5, 5.41) is 3.47. The van der Waals surface area contributed by atoms with Crippen LogP contribution in [0.1, 0.15) is 47.6 Å². The molecule has 1 unspecified atom stereocenters. The number of hydrogen-bond acceptors (Lipinski definition) is 2. The predicted molar refractivity (Wildman–Crippen MR) is 107 cm³/mol. The van der Waals surface area contributed by atoms with Gasteiger partial charge in [0, 0.05) is 12.7 Å². The van der Waals surface area contributed by atoms with Crippen LogP contribution in [-0.2, 0) is 12.8 Å². The third-order valence-electron chi connectivity index (χ3n) is 4.51. The molecule has 1 aromatic heterocycles. The first-order chi connectivity index (χ1) is 11.2. The SMILES string of the molecule is Cc1cnc2c(c1)CCCC2C(=S)NCCCc1ccccc1.Cl. The number of aryl methyl sites for hydroxylation is 3. The van der Waals surface area contributed by atoms with Crippen LogP contribution >= 0.6 is 24.6 Å². The molecular formula is C20H25ClN2S. The number of halogens is 1. The first-order valence-corrected chi connectivity index (χ1v) is 8.92. The van der Waals surface area contributed by atoms with Gasteiger partial charge in [-0.25, -0.2) is 0 Å². The van der Waals surface area contributed by atoms with E-state index < -0.39 is 0 Å². The minimum Gasteiger partial charge on any atom is -0.379 e. The van der Waals surface area contributed by atoms with E-state index in [0.717, 1.165) is 37.2 Å². The van der Waals surface area contributed by atoms with Gasteiger partial charge in [-0.3, -0.25) is 4.98 Å². The molecule has 1 aliphatic carbocycles. The molecule has 1 atom stereocenters. The van der Waals surface area contributed by atoms with Crippen LogP contribution in [0, 0.1) is 6.92 Å². The van der Waals surface area contributed by atoms with Crippen LogP contribution in [0.15, 0.2) is 42.6 Å². The molecule has 1 aromatic carbocycles. The summed E-state index contributed by atoms with van der Waals surface area (Å²) in [6.07, 6.45) is 7.62. The second-order valence-corrected chi connectivity index (χ2v) is 6.82. The fourth-order valence-electron chi connectivity index (χ4n) is 3.31. The molecule has 0 radical (unpaired) electrons. The first kappa shape index (κ1) is 18.9. The van der Waals surface area contributed by atoms with Crippen LogP contribution in [-0.4, -0.2) is 16.5 Å². The van der Waals surface area contributed by atoms with E-state index in [1.165, 1.54) is 28.8 Å². The summed E-state index contributed by atoms with van der Waals surface area (Å²) in [6, 6.07) is 12.9. The van der Waals surface area contributed by atoms with Crippen molar-refractivity contribution in [1.82, 2.24) is 10.3 Å². The van der Waals surface area contributed by atoms with Gasteiger partial charge < -0.3 is 5.32 Å². The molecule has 0 aliphatic heterocycles. The summed E-state index contributed by atoms with van der Waals surface area (Å²) in [5.41, 5.74) is 5.21. The lowest BCUT2D eigenvalue weighted by Gasteiger charge is -2.26. The molecule has 1 N–H and O–H groups in total. The zero-order chi connectivity index (χ0) is 16.1. The second kappa shape index (κ2) is 9.14. The van der Waals surface area contributed by atoms with Crippen LogP contribution in [0.2, 0.25) is 0 Å². The van der Waals surface area contributed by atoms with Gasteiger partial charge in [0.1, 0.15) is 0 Å². The zero-order valence-electron chi connectivity index (χ0n) is 14.1. The number of pyridine rings is 1. The Morgan fingerprint density at radius 3 is 2.88 bits per heavy atom. The molecule has 128 valence electrons. The van der Waals surface area contributed by atoms with E-state index >= 15 is 0 Å². The summed E-state index contributed by atoms with van der Waals surface area (Å²) < 4.78 is 0. The number of nitrogens with one attached hydrogen (secondary N) is 1. The van der Waals surface area contributed by atoms with Crippen molar-refractivity contribution in [3.63, 3.8) is 0 Å². The third-order valence-corrected chi connectivity index (χ3v) is 4.94. The average molecular weight is 361 g/mol. The maximum absolute atomic E-state index is 5.66.